The Morgan fingerprint density at radius 3 is 2.63 bits per heavy atom. The molecule has 0 saturated carbocycles. The molecule has 1 amide bonds. The molecule has 2 unspecified atom stereocenters. The van der Waals surface area contributed by atoms with E-state index in [0.29, 0.717) is 0 Å². The van der Waals surface area contributed by atoms with Gasteiger partial charge in [-0.15, -0.1) is 0 Å². The summed E-state index contributed by atoms with van der Waals surface area (Å²) in [6, 6.07) is 9.26. The first-order valence-corrected chi connectivity index (χ1v) is 6.75. The van der Waals surface area contributed by atoms with Crippen LogP contribution in [-0.4, -0.2) is 23.8 Å². The Labute approximate surface area is 114 Å². The molecular weight excluding hydrogens is 242 g/mol. The van der Waals surface area contributed by atoms with Crippen molar-refractivity contribution >= 4 is 6.09 Å². The lowest BCUT2D eigenvalue weighted by atomic mass is 9.98. The summed E-state index contributed by atoms with van der Waals surface area (Å²) >= 11 is 0. The third-order valence-corrected chi connectivity index (χ3v) is 3.14. The van der Waals surface area contributed by atoms with Crippen molar-refractivity contribution in [3.05, 3.63) is 35.9 Å². The van der Waals surface area contributed by atoms with Gasteiger partial charge in [0, 0.05) is 0 Å². The van der Waals surface area contributed by atoms with Crippen LogP contribution >= 0.6 is 0 Å². The maximum Gasteiger partial charge on any atom is 0.407 e. The van der Waals surface area contributed by atoms with E-state index in [4.69, 9.17) is 4.74 Å². The number of aliphatic hydroxyl groups is 1. The molecule has 0 heterocycles. The molecular formula is C15H23NO3. The summed E-state index contributed by atoms with van der Waals surface area (Å²) in [6.45, 7) is 4.27. The minimum atomic E-state index is -0.481. The fourth-order valence-electron chi connectivity index (χ4n) is 1.94. The number of benzene rings is 1. The Balaban J connectivity index is 2.37. The fourth-order valence-corrected chi connectivity index (χ4v) is 1.94. The topological polar surface area (TPSA) is 58.6 Å². The summed E-state index contributed by atoms with van der Waals surface area (Å²) in [5.74, 6) is 0.235. The third kappa shape index (κ3) is 5.75. The molecule has 0 aliphatic rings. The van der Waals surface area contributed by atoms with Gasteiger partial charge in [0.15, 0.2) is 0 Å². The van der Waals surface area contributed by atoms with Gasteiger partial charge in [0.25, 0.3) is 0 Å². The number of alkyl carbamates (subject to hydrolysis) is 1. The molecule has 0 radical (unpaired) electrons. The molecule has 4 nitrogen and oxygen atoms in total. The molecule has 2 N–H and O–H groups in total. The Bertz CT molecular complexity index is 367. The summed E-state index contributed by atoms with van der Waals surface area (Å²) in [7, 11) is 0. The highest BCUT2D eigenvalue weighted by Gasteiger charge is 2.18. The molecule has 0 saturated heterocycles. The SMILES string of the molecule is CCCC(C)C(CO)NC(=O)OCc1ccccc1. The maximum atomic E-state index is 11.6. The highest BCUT2D eigenvalue weighted by molar-refractivity contribution is 5.67. The van der Waals surface area contributed by atoms with Crippen molar-refractivity contribution in [2.45, 2.75) is 39.3 Å². The molecule has 19 heavy (non-hydrogen) atoms. The van der Waals surface area contributed by atoms with Gasteiger partial charge in [-0.3, -0.25) is 0 Å². The molecule has 0 aliphatic heterocycles. The monoisotopic (exact) mass is 265 g/mol. The second kappa shape index (κ2) is 8.53. The molecule has 2 atom stereocenters. The number of nitrogens with one attached hydrogen (secondary N) is 1. The Morgan fingerprint density at radius 1 is 1.37 bits per heavy atom. The van der Waals surface area contributed by atoms with E-state index in [1.54, 1.807) is 0 Å². The number of amides is 1. The van der Waals surface area contributed by atoms with Crippen molar-refractivity contribution in [1.82, 2.24) is 5.32 Å². The minimum absolute atomic E-state index is 0.0679. The molecule has 0 spiro atoms. The fraction of sp³-hybridized carbons (Fsp3) is 0.533. The molecule has 1 aromatic rings. The highest BCUT2D eigenvalue weighted by Crippen LogP contribution is 2.10. The van der Waals surface area contributed by atoms with Gasteiger partial charge in [-0.05, 0) is 17.9 Å². The zero-order chi connectivity index (χ0) is 14.1. The summed E-state index contributed by atoms with van der Waals surface area (Å²) in [5, 5.41) is 12.0. The van der Waals surface area contributed by atoms with Gasteiger partial charge in [0.05, 0.1) is 12.6 Å². The second-order valence-electron chi connectivity index (χ2n) is 4.76. The van der Waals surface area contributed by atoms with E-state index < -0.39 is 6.09 Å². The lowest BCUT2D eigenvalue weighted by molar-refractivity contribution is 0.121. The van der Waals surface area contributed by atoms with E-state index in [-0.39, 0.29) is 25.2 Å². The van der Waals surface area contributed by atoms with Crippen molar-refractivity contribution in [2.75, 3.05) is 6.61 Å². The van der Waals surface area contributed by atoms with Crippen LogP contribution in [0.15, 0.2) is 30.3 Å². The second-order valence-corrected chi connectivity index (χ2v) is 4.76. The first-order chi connectivity index (χ1) is 9.17. The average Bonchev–Trinajstić information content (AvgIpc) is 2.44. The van der Waals surface area contributed by atoms with E-state index in [1.807, 2.05) is 37.3 Å². The minimum Gasteiger partial charge on any atom is -0.445 e. The summed E-state index contributed by atoms with van der Waals surface area (Å²) in [5.41, 5.74) is 0.944. The Hall–Kier alpha value is -1.55. The normalized spacial score (nSPS) is 13.6. The van der Waals surface area contributed by atoms with Crippen LogP contribution in [0.1, 0.15) is 32.3 Å². The number of rotatable bonds is 7. The van der Waals surface area contributed by atoms with Gasteiger partial charge >= 0.3 is 6.09 Å². The summed E-state index contributed by atoms with van der Waals surface area (Å²) in [6.07, 6.45) is 1.51. The van der Waals surface area contributed by atoms with Crippen molar-refractivity contribution in [3.8, 4) is 0 Å². The number of carbonyl (C=O) groups excluding carboxylic acids is 1. The lowest BCUT2D eigenvalue weighted by Crippen LogP contribution is -2.42. The molecule has 0 fully saturated rings. The zero-order valence-electron chi connectivity index (χ0n) is 11.6. The Kier molecular flexibility index (Phi) is 6.97. The summed E-state index contributed by atoms with van der Waals surface area (Å²) in [4.78, 5) is 11.6. The smallest absolute Gasteiger partial charge is 0.407 e. The average molecular weight is 265 g/mol. The van der Waals surface area contributed by atoms with E-state index in [2.05, 4.69) is 12.2 Å². The first-order valence-electron chi connectivity index (χ1n) is 6.75. The number of aliphatic hydroxyl groups excluding tert-OH is 1. The maximum absolute atomic E-state index is 11.6. The molecule has 0 aliphatic carbocycles. The predicted octanol–water partition coefficient (Wildman–Crippen LogP) is 2.71. The van der Waals surface area contributed by atoms with E-state index in [9.17, 15) is 9.90 Å². The van der Waals surface area contributed by atoms with Crippen LogP contribution in [-0.2, 0) is 11.3 Å². The van der Waals surface area contributed by atoms with Crippen LogP contribution in [0.25, 0.3) is 0 Å². The molecule has 4 heteroatoms. The van der Waals surface area contributed by atoms with Gasteiger partial charge in [0.1, 0.15) is 6.61 Å². The number of ether oxygens (including phenoxy) is 1. The van der Waals surface area contributed by atoms with Crippen LogP contribution in [0.2, 0.25) is 0 Å². The van der Waals surface area contributed by atoms with E-state index >= 15 is 0 Å². The van der Waals surface area contributed by atoms with Crippen molar-refractivity contribution in [2.24, 2.45) is 5.92 Å². The van der Waals surface area contributed by atoms with Gasteiger partial charge in [-0.25, -0.2) is 4.79 Å². The van der Waals surface area contributed by atoms with Crippen LogP contribution in [0.5, 0.6) is 0 Å². The van der Waals surface area contributed by atoms with Crippen LogP contribution in [0, 0.1) is 5.92 Å². The summed E-state index contributed by atoms with van der Waals surface area (Å²) < 4.78 is 5.13. The third-order valence-electron chi connectivity index (χ3n) is 3.14. The van der Waals surface area contributed by atoms with Crippen LogP contribution in [0.4, 0.5) is 4.79 Å². The largest absolute Gasteiger partial charge is 0.445 e. The van der Waals surface area contributed by atoms with E-state index in [1.165, 1.54) is 0 Å². The van der Waals surface area contributed by atoms with Crippen LogP contribution < -0.4 is 5.32 Å². The van der Waals surface area contributed by atoms with Gasteiger partial charge in [0.2, 0.25) is 0 Å². The molecule has 1 rings (SSSR count). The number of hydrogen-bond donors (Lipinski definition) is 2. The Morgan fingerprint density at radius 2 is 2.05 bits per heavy atom. The quantitative estimate of drug-likeness (QED) is 0.797. The van der Waals surface area contributed by atoms with Crippen LogP contribution in [0.3, 0.4) is 0 Å². The first kappa shape index (κ1) is 15.5. The van der Waals surface area contributed by atoms with E-state index in [0.717, 1.165) is 18.4 Å². The molecule has 0 aromatic heterocycles. The predicted molar refractivity (Wildman–Crippen MR) is 74.7 cm³/mol. The highest BCUT2D eigenvalue weighted by atomic mass is 16.5. The van der Waals surface area contributed by atoms with Gasteiger partial charge < -0.3 is 15.2 Å². The number of hydrogen-bond acceptors (Lipinski definition) is 3. The molecule has 0 bridgehead atoms. The van der Waals surface area contributed by atoms with Gasteiger partial charge in [-0.2, -0.15) is 0 Å². The number of carbonyl (C=O) groups is 1. The zero-order valence-corrected chi connectivity index (χ0v) is 11.6. The lowest BCUT2D eigenvalue weighted by Gasteiger charge is -2.22. The van der Waals surface area contributed by atoms with Crippen molar-refractivity contribution in [1.29, 1.82) is 0 Å². The van der Waals surface area contributed by atoms with Crippen molar-refractivity contribution < 1.29 is 14.6 Å². The molecule has 1 aromatic carbocycles. The standard InChI is InChI=1S/C15H23NO3/c1-3-7-12(2)14(10-17)16-15(18)19-11-13-8-5-4-6-9-13/h4-6,8-9,12,14,17H,3,7,10-11H2,1-2H3,(H,16,18). The van der Waals surface area contributed by atoms with Gasteiger partial charge in [-0.1, -0.05) is 50.6 Å². The molecule has 106 valence electrons. The van der Waals surface area contributed by atoms with Crippen molar-refractivity contribution in [3.63, 3.8) is 0 Å².